The highest BCUT2D eigenvalue weighted by molar-refractivity contribution is 9.11. The fourth-order valence-electron chi connectivity index (χ4n) is 6.14. The largest absolute Gasteiger partial charge is 0.380 e. The fraction of sp³-hybridized carbons (Fsp3) is 0.435. The van der Waals surface area contributed by atoms with Crippen molar-refractivity contribution in [3.8, 4) is 0 Å². The number of fused-ring (bicyclic) bond motifs is 2. The number of nitrogens with one attached hydrogen (secondary N) is 1. The monoisotopic (exact) mass is 510 g/mol. The number of ether oxygens (including phenoxy) is 1. The summed E-state index contributed by atoms with van der Waals surface area (Å²) >= 11 is 5.31. The van der Waals surface area contributed by atoms with Gasteiger partial charge in [0.05, 0.1) is 45.5 Å². The predicted octanol–water partition coefficient (Wildman–Crippen LogP) is 4.72. The van der Waals surface area contributed by atoms with Crippen molar-refractivity contribution in [1.29, 1.82) is 0 Å². The Balaban J connectivity index is 1.24. The summed E-state index contributed by atoms with van der Waals surface area (Å²) in [5.74, 6) is 2.67. The van der Waals surface area contributed by atoms with Crippen LogP contribution in [0.4, 0.5) is 11.8 Å². The predicted molar refractivity (Wildman–Crippen MR) is 129 cm³/mol. The highest BCUT2D eigenvalue weighted by Gasteiger charge is 2.64. The summed E-state index contributed by atoms with van der Waals surface area (Å²) in [7, 11) is 0. The summed E-state index contributed by atoms with van der Waals surface area (Å²) in [5.41, 5.74) is 2.63. The van der Waals surface area contributed by atoms with Crippen molar-refractivity contribution in [2.45, 2.75) is 25.8 Å². The maximum absolute atomic E-state index is 5.96. The van der Waals surface area contributed by atoms with Gasteiger partial charge in [-0.05, 0) is 47.0 Å². The molecule has 164 valence electrons. The van der Waals surface area contributed by atoms with Gasteiger partial charge in [-0.2, -0.15) is 4.98 Å². The molecule has 0 bridgehead atoms. The van der Waals surface area contributed by atoms with Gasteiger partial charge < -0.3 is 19.4 Å². The van der Waals surface area contributed by atoms with E-state index in [-0.39, 0.29) is 10.8 Å². The van der Waals surface area contributed by atoms with Crippen LogP contribution in [0.25, 0.3) is 15.7 Å². The standard InChI is InChI=1S/C23H23BrN6OS/c24-17-8-16-19(32-17)20(26-10-18-25-9-15-4-1-2-7-30(15)18)28-21(27-16)29-11-22-5-3-6-23(22,12-29)14-31-13-22/h1-2,4,7-9H,3,5-6,10-14H2,(H,26,27,28). The minimum Gasteiger partial charge on any atom is -0.380 e. The van der Waals surface area contributed by atoms with E-state index in [4.69, 9.17) is 14.7 Å². The zero-order valence-electron chi connectivity index (χ0n) is 17.6. The lowest BCUT2D eigenvalue weighted by atomic mass is 9.71. The summed E-state index contributed by atoms with van der Waals surface area (Å²) in [4.78, 5) is 17.0. The Bertz CT molecular complexity index is 1320. The summed E-state index contributed by atoms with van der Waals surface area (Å²) in [6.07, 6.45) is 7.79. The Hall–Kier alpha value is -2.23. The Kier molecular flexibility index (Phi) is 4.14. The van der Waals surface area contributed by atoms with Gasteiger partial charge in [-0.1, -0.05) is 12.5 Å². The molecule has 4 aromatic heterocycles. The second-order valence-corrected chi connectivity index (χ2v) is 11.9. The van der Waals surface area contributed by atoms with Crippen LogP contribution in [0.15, 0.2) is 40.4 Å². The molecule has 1 saturated carbocycles. The summed E-state index contributed by atoms with van der Waals surface area (Å²) in [5, 5.41) is 3.56. The number of pyridine rings is 1. The van der Waals surface area contributed by atoms with Gasteiger partial charge in [-0.3, -0.25) is 0 Å². The van der Waals surface area contributed by atoms with E-state index in [1.807, 2.05) is 24.5 Å². The minimum atomic E-state index is 0.281. The van der Waals surface area contributed by atoms with E-state index in [9.17, 15) is 0 Å². The number of nitrogens with zero attached hydrogens (tertiary/aromatic N) is 5. The van der Waals surface area contributed by atoms with Crippen molar-refractivity contribution in [1.82, 2.24) is 19.4 Å². The van der Waals surface area contributed by atoms with Crippen LogP contribution in [0.1, 0.15) is 25.1 Å². The highest BCUT2D eigenvalue weighted by Crippen LogP contribution is 2.61. The maximum atomic E-state index is 5.96. The lowest BCUT2D eigenvalue weighted by Gasteiger charge is -2.28. The molecule has 2 aliphatic heterocycles. The van der Waals surface area contributed by atoms with E-state index < -0.39 is 0 Å². The lowest BCUT2D eigenvalue weighted by molar-refractivity contribution is 0.144. The van der Waals surface area contributed by atoms with E-state index >= 15 is 0 Å². The molecule has 7 nitrogen and oxygen atoms in total. The van der Waals surface area contributed by atoms with Crippen molar-refractivity contribution in [2.24, 2.45) is 10.8 Å². The Morgan fingerprint density at radius 2 is 2.00 bits per heavy atom. The molecule has 0 aromatic carbocycles. The van der Waals surface area contributed by atoms with E-state index in [2.05, 4.69) is 47.7 Å². The summed E-state index contributed by atoms with van der Waals surface area (Å²) in [6, 6.07) is 8.22. The molecule has 2 atom stereocenters. The van der Waals surface area contributed by atoms with Gasteiger partial charge in [0.25, 0.3) is 0 Å². The lowest BCUT2D eigenvalue weighted by Crippen LogP contribution is -2.34. The zero-order chi connectivity index (χ0) is 21.3. The van der Waals surface area contributed by atoms with Gasteiger partial charge in [-0.25, -0.2) is 9.97 Å². The summed E-state index contributed by atoms with van der Waals surface area (Å²) < 4.78 is 10.2. The highest BCUT2D eigenvalue weighted by atomic mass is 79.9. The number of imidazole rings is 1. The van der Waals surface area contributed by atoms with Gasteiger partial charge in [0.2, 0.25) is 5.95 Å². The zero-order valence-corrected chi connectivity index (χ0v) is 20.0. The first-order valence-electron chi connectivity index (χ1n) is 11.1. The quantitative estimate of drug-likeness (QED) is 0.428. The second kappa shape index (κ2) is 6.88. The average molecular weight is 511 g/mol. The van der Waals surface area contributed by atoms with Crippen LogP contribution in [0.5, 0.6) is 0 Å². The molecule has 3 aliphatic rings. The van der Waals surface area contributed by atoms with Crippen LogP contribution < -0.4 is 10.2 Å². The van der Waals surface area contributed by atoms with Crippen LogP contribution >= 0.6 is 27.3 Å². The first kappa shape index (κ1) is 19.3. The van der Waals surface area contributed by atoms with Crippen LogP contribution in [0.3, 0.4) is 0 Å². The van der Waals surface area contributed by atoms with E-state index in [1.54, 1.807) is 11.3 Å². The first-order valence-corrected chi connectivity index (χ1v) is 12.7. The molecular weight excluding hydrogens is 488 g/mol. The van der Waals surface area contributed by atoms with Crippen LogP contribution in [0, 0.1) is 10.8 Å². The molecular formula is C23H23BrN6OS. The second-order valence-electron chi connectivity index (χ2n) is 9.42. The molecule has 4 aromatic rings. The third kappa shape index (κ3) is 2.71. The molecule has 9 heteroatoms. The fourth-order valence-corrected chi connectivity index (χ4v) is 7.63. The first-order chi connectivity index (χ1) is 15.6. The third-order valence-electron chi connectivity index (χ3n) is 7.72. The number of rotatable bonds is 4. The number of hydrogen-bond donors (Lipinski definition) is 1. The van der Waals surface area contributed by atoms with E-state index in [1.165, 1.54) is 19.3 Å². The Morgan fingerprint density at radius 3 is 2.84 bits per heavy atom. The van der Waals surface area contributed by atoms with Crippen molar-refractivity contribution >= 4 is 54.8 Å². The number of thiophene rings is 1. The molecule has 0 amide bonds. The Morgan fingerprint density at radius 1 is 1.16 bits per heavy atom. The minimum absolute atomic E-state index is 0.281. The van der Waals surface area contributed by atoms with Crippen LogP contribution in [-0.2, 0) is 11.3 Å². The van der Waals surface area contributed by atoms with Gasteiger partial charge in [0, 0.05) is 30.1 Å². The van der Waals surface area contributed by atoms with Gasteiger partial charge >= 0.3 is 0 Å². The van der Waals surface area contributed by atoms with Gasteiger partial charge in [0.15, 0.2) is 0 Å². The molecule has 1 aliphatic carbocycles. The molecule has 6 heterocycles. The summed E-state index contributed by atoms with van der Waals surface area (Å²) in [6.45, 7) is 4.35. The number of hydrogen-bond acceptors (Lipinski definition) is 7. The van der Waals surface area contributed by atoms with E-state index in [0.717, 1.165) is 63.4 Å². The van der Waals surface area contributed by atoms with E-state index in [0.29, 0.717) is 6.54 Å². The normalized spacial score (nSPS) is 26.8. The molecule has 3 fully saturated rings. The van der Waals surface area contributed by atoms with Crippen molar-refractivity contribution < 1.29 is 4.74 Å². The molecule has 2 saturated heterocycles. The smallest absolute Gasteiger partial charge is 0.227 e. The number of aromatic nitrogens is 4. The van der Waals surface area contributed by atoms with Crippen molar-refractivity contribution in [3.63, 3.8) is 0 Å². The molecule has 0 spiro atoms. The topological polar surface area (TPSA) is 67.6 Å². The van der Waals surface area contributed by atoms with Crippen LogP contribution in [0.2, 0.25) is 0 Å². The van der Waals surface area contributed by atoms with Gasteiger partial charge in [-0.15, -0.1) is 11.3 Å². The number of anilines is 2. The molecule has 7 rings (SSSR count). The average Bonchev–Trinajstić information content (AvgIpc) is 3.54. The third-order valence-corrected chi connectivity index (χ3v) is 9.36. The van der Waals surface area contributed by atoms with Crippen LogP contribution in [-0.4, -0.2) is 45.7 Å². The molecule has 0 radical (unpaired) electrons. The maximum Gasteiger partial charge on any atom is 0.227 e. The number of halogens is 1. The molecule has 32 heavy (non-hydrogen) atoms. The SMILES string of the molecule is Brc1cc2nc(N3CC45CCCC4(COC5)C3)nc(NCc3ncc4ccccn34)c2s1. The van der Waals surface area contributed by atoms with Gasteiger partial charge in [0.1, 0.15) is 11.6 Å². The molecule has 2 unspecified atom stereocenters. The Labute approximate surface area is 198 Å². The van der Waals surface area contributed by atoms with Crippen molar-refractivity contribution in [2.75, 3.05) is 36.5 Å². The molecule has 1 N–H and O–H groups in total. The van der Waals surface area contributed by atoms with Crippen molar-refractivity contribution in [3.05, 3.63) is 46.3 Å².